The van der Waals surface area contributed by atoms with Crippen molar-refractivity contribution in [2.45, 2.75) is 25.4 Å². The summed E-state index contributed by atoms with van der Waals surface area (Å²) in [6.45, 7) is 3.11. The van der Waals surface area contributed by atoms with Gasteiger partial charge >= 0.3 is 0 Å². The van der Waals surface area contributed by atoms with E-state index in [1.807, 2.05) is 30.2 Å². The predicted octanol–water partition coefficient (Wildman–Crippen LogP) is 2.34. The van der Waals surface area contributed by atoms with Crippen molar-refractivity contribution in [1.82, 2.24) is 24.6 Å². The minimum absolute atomic E-state index is 0.428. The summed E-state index contributed by atoms with van der Waals surface area (Å²) in [5, 5.41) is 4.38. The van der Waals surface area contributed by atoms with Gasteiger partial charge in [0.15, 0.2) is 0 Å². The van der Waals surface area contributed by atoms with Crippen LogP contribution in [-0.4, -0.2) is 58.9 Å². The van der Waals surface area contributed by atoms with E-state index >= 15 is 0 Å². The number of rotatable bonds is 6. The Bertz CT molecular complexity index is 669. The third kappa shape index (κ3) is 4.19. The second kappa shape index (κ2) is 7.97. The smallest absolute Gasteiger partial charge is 0.212 e. The average Bonchev–Trinajstić information content (AvgIpc) is 3.01. The van der Waals surface area contributed by atoms with E-state index in [0.29, 0.717) is 17.8 Å². The number of aromatic nitrogens is 3. The molecule has 2 atom stereocenters. The zero-order valence-corrected chi connectivity index (χ0v) is 15.7. The molecule has 1 aliphatic heterocycles. The number of ether oxygens (including phenoxy) is 1. The van der Waals surface area contributed by atoms with Gasteiger partial charge in [0.05, 0.1) is 18.8 Å². The molecule has 25 heavy (non-hydrogen) atoms. The first-order valence-electron chi connectivity index (χ1n) is 8.94. The highest BCUT2D eigenvalue weighted by atomic mass is 16.5. The predicted molar refractivity (Wildman–Crippen MR) is 98.4 cm³/mol. The van der Waals surface area contributed by atoms with Crippen molar-refractivity contribution in [2.24, 2.45) is 13.0 Å². The van der Waals surface area contributed by atoms with Gasteiger partial charge in [-0.25, -0.2) is 4.98 Å². The molecule has 0 saturated carbocycles. The van der Waals surface area contributed by atoms with E-state index in [4.69, 9.17) is 4.74 Å². The van der Waals surface area contributed by atoms with Crippen LogP contribution in [0, 0.1) is 5.92 Å². The maximum atomic E-state index is 5.14. The van der Waals surface area contributed by atoms with Crippen LogP contribution in [0.15, 0.2) is 30.6 Å². The molecule has 0 spiro atoms. The van der Waals surface area contributed by atoms with Crippen LogP contribution in [0.1, 0.15) is 30.1 Å². The highest BCUT2D eigenvalue weighted by Gasteiger charge is 2.32. The normalized spacial score (nSPS) is 21.6. The first kappa shape index (κ1) is 17.9. The monoisotopic (exact) mass is 343 g/mol. The van der Waals surface area contributed by atoms with Gasteiger partial charge in [-0.05, 0) is 51.0 Å². The summed E-state index contributed by atoms with van der Waals surface area (Å²) < 4.78 is 7.16. The van der Waals surface area contributed by atoms with Gasteiger partial charge < -0.3 is 9.64 Å². The molecule has 136 valence electrons. The highest BCUT2D eigenvalue weighted by molar-refractivity contribution is 5.17. The lowest BCUT2D eigenvalue weighted by Crippen LogP contribution is -2.41. The number of piperidine rings is 1. The van der Waals surface area contributed by atoms with Crippen LogP contribution >= 0.6 is 0 Å². The lowest BCUT2D eigenvalue weighted by molar-refractivity contribution is 0.0872. The SMILES string of the molecule is COc1ccc(CN(C)C[C@@H]2CCCN(C)[C@H]2c2ccnn2C)cn1. The number of hydrogen-bond acceptors (Lipinski definition) is 5. The van der Waals surface area contributed by atoms with Crippen LogP contribution < -0.4 is 4.74 Å². The molecule has 1 saturated heterocycles. The fourth-order valence-electron chi connectivity index (χ4n) is 3.99. The van der Waals surface area contributed by atoms with Crippen LogP contribution in [0.2, 0.25) is 0 Å². The van der Waals surface area contributed by atoms with Gasteiger partial charge in [-0.1, -0.05) is 6.07 Å². The molecule has 0 unspecified atom stereocenters. The second-order valence-corrected chi connectivity index (χ2v) is 7.11. The summed E-state index contributed by atoms with van der Waals surface area (Å²) in [4.78, 5) is 9.19. The third-order valence-corrected chi connectivity index (χ3v) is 5.17. The van der Waals surface area contributed by atoms with Crippen LogP contribution in [0.3, 0.4) is 0 Å². The summed E-state index contributed by atoms with van der Waals surface area (Å²) in [5.41, 5.74) is 2.52. The third-order valence-electron chi connectivity index (χ3n) is 5.17. The van der Waals surface area contributed by atoms with Gasteiger partial charge in [0.1, 0.15) is 0 Å². The molecule has 2 aromatic rings. The Balaban J connectivity index is 1.67. The molecule has 6 nitrogen and oxygen atoms in total. The quantitative estimate of drug-likeness (QED) is 0.806. The molecule has 1 aliphatic rings. The molecule has 2 aromatic heterocycles. The number of likely N-dealkylation sites (tertiary alicyclic amines) is 1. The van der Waals surface area contributed by atoms with Crippen LogP contribution in [0.4, 0.5) is 0 Å². The van der Waals surface area contributed by atoms with Gasteiger partial charge in [0, 0.05) is 38.6 Å². The fraction of sp³-hybridized carbons (Fsp3) is 0.579. The summed E-state index contributed by atoms with van der Waals surface area (Å²) in [7, 11) is 8.12. The summed E-state index contributed by atoms with van der Waals surface area (Å²) in [6.07, 6.45) is 6.32. The van der Waals surface area contributed by atoms with Crippen molar-refractivity contribution in [3.05, 3.63) is 41.9 Å². The average molecular weight is 343 g/mol. The highest BCUT2D eigenvalue weighted by Crippen LogP contribution is 2.35. The Labute approximate surface area is 150 Å². The van der Waals surface area contributed by atoms with E-state index in [1.54, 1.807) is 7.11 Å². The standard InChI is InChI=1S/C19H29N5O/c1-22(13-15-7-8-18(25-4)20-12-15)14-16-6-5-11-23(2)19(16)17-9-10-21-24(17)3/h7-10,12,16,19H,5-6,11,13-14H2,1-4H3/t16-,19+/m0/s1. The summed E-state index contributed by atoms with van der Waals surface area (Å²) in [5.74, 6) is 1.27. The van der Waals surface area contributed by atoms with Crippen LogP contribution in [-0.2, 0) is 13.6 Å². The molecule has 0 aliphatic carbocycles. The largest absolute Gasteiger partial charge is 0.481 e. The van der Waals surface area contributed by atoms with Crippen molar-refractivity contribution in [2.75, 3.05) is 34.3 Å². The fourth-order valence-corrected chi connectivity index (χ4v) is 3.99. The zero-order chi connectivity index (χ0) is 17.8. The van der Waals surface area contributed by atoms with Crippen LogP contribution in [0.25, 0.3) is 0 Å². The van der Waals surface area contributed by atoms with Gasteiger partial charge in [0.2, 0.25) is 5.88 Å². The van der Waals surface area contributed by atoms with E-state index in [0.717, 1.165) is 19.6 Å². The Morgan fingerprint density at radius 2 is 2.12 bits per heavy atom. The maximum Gasteiger partial charge on any atom is 0.212 e. The first-order chi connectivity index (χ1) is 12.1. The molecular formula is C19H29N5O. The van der Waals surface area contributed by atoms with E-state index in [9.17, 15) is 0 Å². The lowest BCUT2D eigenvalue weighted by atomic mass is 9.87. The number of pyridine rings is 1. The van der Waals surface area contributed by atoms with Crippen LogP contribution in [0.5, 0.6) is 5.88 Å². The molecule has 0 N–H and O–H groups in total. The number of aryl methyl sites for hydroxylation is 1. The Kier molecular flexibility index (Phi) is 5.71. The topological polar surface area (TPSA) is 46.4 Å². The molecule has 0 amide bonds. The van der Waals surface area contributed by atoms with Crippen molar-refractivity contribution < 1.29 is 4.74 Å². The van der Waals surface area contributed by atoms with Crippen molar-refractivity contribution in [1.29, 1.82) is 0 Å². The number of methoxy groups -OCH3 is 1. The molecule has 0 aromatic carbocycles. The molecule has 0 bridgehead atoms. The van der Waals surface area contributed by atoms with Crippen molar-refractivity contribution in [3.63, 3.8) is 0 Å². The molecule has 1 fully saturated rings. The Hall–Kier alpha value is -1.92. The molecule has 3 rings (SSSR count). The van der Waals surface area contributed by atoms with E-state index < -0.39 is 0 Å². The second-order valence-electron chi connectivity index (χ2n) is 7.11. The Morgan fingerprint density at radius 1 is 1.28 bits per heavy atom. The molecular weight excluding hydrogens is 314 g/mol. The van der Waals surface area contributed by atoms with Gasteiger partial charge in [-0.2, -0.15) is 5.10 Å². The molecule has 3 heterocycles. The minimum atomic E-state index is 0.428. The Morgan fingerprint density at radius 3 is 2.76 bits per heavy atom. The maximum absolute atomic E-state index is 5.14. The van der Waals surface area contributed by atoms with E-state index in [2.05, 4.69) is 46.1 Å². The summed E-state index contributed by atoms with van der Waals surface area (Å²) in [6, 6.07) is 6.61. The van der Waals surface area contributed by atoms with Gasteiger partial charge in [-0.3, -0.25) is 9.58 Å². The molecule has 0 radical (unpaired) electrons. The van der Waals surface area contributed by atoms with E-state index in [1.165, 1.54) is 24.1 Å². The minimum Gasteiger partial charge on any atom is -0.481 e. The van der Waals surface area contributed by atoms with E-state index in [-0.39, 0.29) is 0 Å². The van der Waals surface area contributed by atoms with Gasteiger partial charge in [-0.15, -0.1) is 0 Å². The van der Waals surface area contributed by atoms with Crippen molar-refractivity contribution >= 4 is 0 Å². The number of nitrogens with zero attached hydrogens (tertiary/aromatic N) is 5. The first-order valence-corrected chi connectivity index (χ1v) is 8.94. The van der Waals surface area contributed by atoms with Crippen molar-refractivity contribution in [3.8, 4) is 5.88 Å². The summed E-state index contributed by atoms with van der Waals surface area (Å²) >= 11 is 0. The lowest BCUT2D eigenvalue weighted by Gasteiger charge is -2.40. The molecule has 6 heteroatoms. The number of hydrogen-bond donors (Lipinski definition) is 0. The van der Waals surface area contributed by atoms with Gasteiger partial charge in [0.25, 0.3) is 0 Å². The zero-order valence-electron chi connectivity index (χ0n) is 15.7.